The van der Waals surface area contributed by atoms with Crippen LogP contribution in [-0.2, 0) is 22.3 Å². The number of anilines is 1. The number of hydrogen-bond donors (Lipinski definition) is 1. The Morgan fingerprint density at radius 1 is 1.21 bits per heavy atom. The fourth-order valence-electron chi connectivity index (χ4n) is 2.32. The van der Waals surface area contributed by atoms with E-state index in [0.717, 1.165) is 18.2 Å². The molecule has 0 amide bonds. The molecule has 2 aromatic carbocycles. The van der Waals surface area contributed by atoms with E-state index in [4.69, 9.17) is 9.47 Å². The van der Waals surface area contributed by atoms with E-state index in [2.05, 4.69) is 5.32 Å². The molecule has 7 nitrogen and oxygen atoms in total. The van der Waals surface area contributed by atoms with Crippen molar-refractivity contribution in [3.63, 3.8) is 0 Å². The predicted molar refractivity (Wildman–Crippen MR) is 94.0 cm³/mol. The highest BCUT2D eigenvalue weighted by atomic mass is 19.4. The molecule has 0 atom stereocenters. The van der Waals surface area contributed by atoms with Crippen molar-refractivity contribution in [2.24, 2.45) is 0 Å². The second-order valence-corrected chi connectivity index (χ2v) is 5.68. The zero-order valence-electron chi connectivity index (χ0n) is 14.8. The monoisotopic (exact) mass is 398 g/mol. The average Bonchev–Trinajstić information content (AvgIpc) is 2.66. The van der Waals surface area contributed by atoms with Gasteiger partial charge in [-0.2, -0.15) is 13.2 Å². The topological polar surface area (TPSA) is 90.7 Å². The van der Waals surface area contributed by atoms with Crippen LogP contribution in [0.1, 0.15) is 21.5 Å². The predicted octanol–water partition coefficient (Wildman–Crippen LogP) is 4.03. The number of nitro groups is 1. The van der Waals surface area contributed by atoms with Gasteiger partial charge in [-0.25, -0.2) is 4.79 Å². The number of nitrogens with one attached hydrogen (secondary N) is 1. The Hall–Kier alpha value is -3.14. The van der Waals surface area contributed by atoms with Crippen molar-refractivity contribution in [3.8, 4) is 0 Å². The molecular formula is C18H17F3N2O5. The molecule has 0 aliphatic rings. The van der Waals surface area contributed by atoms with Gasteiger partial charge in [-0.3, -0.25) is 10.1 Å². The van der Waals surface area contributed by atoms with Crippen LogP contribution in [-0.4, -0.2) is 31.2 Å². The highest BCUT2D eigenvalue weighted by Crippen LogP contribution is 2.30. The van der Waals surface area contributed by atoms with E-state index in [1.807, 2.05) is 0 Å². The first-order chi connectivity index (χ1) is 13.2. The van der Waals surface area contributed by atoms with Gasteiger partial charge in [0.15, 0.2) is 0 Å². The number of carbonyl (C=O) groups excluding carboxylic acids is 1. The number of benzene rings is 2. The number of halogens is 3. The summed E-state index contributed by atoms with van der Waals surface area (Å²) in [5.41, 5.74) is -0.921. The van der Waals surface area contributed by atoms with E-state index in [1.165, 1.54) is 31.4 Å². The van der Waals surface area contributed by atoms with Crippen LogP contribution in [0.5, 0.6) is 0 Å². The minimum absolute atomic E-state index is 0.0871. The van der Waals surface area contributed by atoms with Crippen molar-refractivity contribution in [2.75, 3.05) is 25.6 Å². The summed E-state index contributed by atoms with van der Waals surface area (Å²) in [6.45, 7) is 0.263. The smallest absolute Gasteiger partial charge is 0.416 e. The number of nitro benzene ring substituents is 1. The molecule has 0 unspecified atom stereocenters. The lowest BCUT2D eigenvalue weighted by Crippen LogP contribution is -2.11. The number of rotatable bonds is 8. The SMILES string of the molecule is COCCNc1ccc(C(=O)OCc2cccc(C(F)(F)F)c2)cc1[N+](=O)[O-]. The number of carbonyl (C=O) groups is 1. The highest BCUT2D eigenvalue weighted by Gasteiger charge is 2.30. The molecule has 0 heterocycles. The van der Waals surface area contributed by atoms with Gasteiger partial charge in [0.1, 0.15) is 12.3 Å². The molecule has 0 spiro atoms. The largest absolute Gasteiger partial charge is 0.457 e. The molecule has 0 bridgehead atoms. The summed E-state index contributed by atoms with van der Waals surface area (Å²) in [6, 6.07) is 8.10. The summed E-state index contributed by atoms with van der Waals surface area (Å²) >= 11 is 0. The van der Waals surface area contributed by atoms with Gasteiger partial charge in [0.25, 0.3) is 5.69 Å². The molecule has 0 aliphatic carbocycles. The molecule has 150 valence electrons. The Kier molecular flexibility index (Phi) is 6.94. The lowest BCUT2D eigenvalue weighted by atomic mass is 10.1. The van der Waals surface area contributed by atoms with Crippen LogP contribution < -0.4 is 5.32 Å². The van der Waals surface area contributed by atoms with Crippen LogP contribution in [0.25, 0.3) is 0 Å². The van der Waals surface area contributed by atoms with Crippen molar-refractivity contribution in [1.29, 1.82) is 0 Å². The summed E-state index contributed by atoms with van der Waals surface area (Å²) in [7, 11) is 1.49. The van der Waals surface area contributed by atoms with Crippen LogP contribution in [0.15, 0.2) is 42.5 Å². The van der Waals surface area contributed by atoms with E-state index in [1.54, 1.807) is 0 Å². The van der Waals surface area contributed by atoms with Gasteiger partial charge in [0.2, 0.25) is 0 Å². The van der Waals surface area contributed by atoms with Crippen molar-refractivity contribution >= 4 is 17.3 Å². The molecule has 2 rings (SSSR count). The fourth-order valence-corrected chi connectivity index (χ4v) is 2.32. The van der Waals surface area contributed by atoms with Crippen LogP contribution in [0.2, 0.25) is 0 Å². The van der Waals surface area contributed by atoms with E-state index in [-0.39, 0.29) is 22.5 Å². The second-order valence-electron chi connectivity index (χ2n) is 5.68. The second kappa shape index (κ2) is 9.18. The zero-order chi connectivity index (χ0) is 20.7. The summed E-state index contributed by atoms with van der Waals surface area (Å²) < 4.78 is 48.0. The lowest BCUT2D eigenvalue weighted by molar-refractivity contribution is -0.384. The molecule has 0 fully saturated rings. The van der Waals surface area contributed by atoms with Gasteiger partial charge < -0.3 is 14.8 Å². The normalized spacial score (nSPS) is 11.1. The molecule has 0 aliphatic heterocycles. The summed E-state index contributed by atoms with van der Waals surface area (Å²) in [5.74, 6) is -0.885. The number of alkyl halides is 3. The lowest BCUT2D eigenvalue weighted by Gasteiger charge is -2.10. The zero-order valence-corrected chi connectivity index (χ0v) is 14.8. The third-order valence-corrected chi connectivity index (χ3v) is 3.68. The maximum absolute atomic E-state index is 12.7. The van der Waals surface area contributed by atoms with E-state index in [0.29, 0.717) is 13.2 Å². The summed E-state index contributed by atoms with van der Waals surface area (Å²) in [6.07, 6.45) is -4.51. The maximum Gasteiger partial charge on any atom is 0.416 e. The van der Waals surface area contributed by atoms with Crippen LogP contribution in [0, 0.1) is 10.1 Å². The Balaban J connectivity index is 2.10. The average molecular weight is 398 g/mol. The first-order valence-electron chi connectivity index (χ1n) is 8.07. The Morgan fingerprint density at radius 2 is 1.96 bits per heavy atom. The minimum atomic E-state index is -4.51. The molecule has 2 aromatic rings. The first-order valence-corrected chi connectivity index (χ1v) is 8.07. The molecule has 28 heavy (non-hydrogen) atoms. The van der Waals surface area contributed by atoms with Gasteiger partial charge >= 0.3 is 12.1 Å². The molecule has 10 heteroatoms. The third-order valence-electron chi connectivity index (χ3n) is 3.68. The third kappa shape index (κ3) is 5.68. The highest BCUT2D eigenvalue weighted by molar-refractivity contribution is 5.91. The number of nitrogens with zero attached hydrogens (tertiary/aromatic N) is 1. The summed E-state index contributed by atoms with van der Waals surface area (Å²) in [5, 5.41) is 14.0. The van der Waals surface area contributed by atoms with E-state index in [9.17, 15) is 28.1 Å². The standard InChI is InChI=1S/C18H17F3N2O5/c1-27-8-7-22-15-6-5-13(10-16(15)23(25)26)17(24)28-11-12-3-2-4-14(9-12)18(19,20)21/h2-6,9-10,22H,7-8,11H2,1H3. The van der Waals surface area contributed by atoms with Crippen LogP contribution in [0.3, 0.4) is 0 Å². The van der Waals surface area contributed by atoms with E-state index >= 15 is 0 Å². The van der Waals surface area contributed by atoms with E-state index < -0.39 is 29.2 Å². The Morgan fingerprint density at radius 3 is 2.61 bits per heavy atom. The van der Waals surface area contributed by atoms with Crippen molar-refractivity contribution in [2.45, 2.75) is 12.8 Å². The number of esters is 1. The minimum Gasteiger partial charge on any atom is -0.457 e. The van der Waals surface area contributed by atoms with Gasteiger partial charge in [-0.1, -0.05) is 12.1 Å². The van der Waals surface area contributed by atoms with Gasteiger partial charge in [0.05, 0.1) is 22.7 Å². The molecule has 0 saturated carbocycles. The number of hydrogen-bond acceptors (Lipinski definition) is 6. The summed E-state index contributed by atoms with van der Waals surface area (Å²) in [4.78, 5) is 22.7. The van der Waals surface area contributed by atoms with Crippen LogP contribution in [0.4, 0.5) is 24.5 Å². The number of ether oxygens (including phenoxy) is 2. The Labute approximate surface area is 158 Å². The number of methoxy groups -OCH3 is 1. The molecular weight excluding hydrogens is 381 g/mol. The van der Waals surface area contributed by atoms with Crippen LogP contribution >= 0.6 is 0 Å². The van der Waals surface area contributed by atoms with Gasteiger partial charge in [-0.05, 0) is 29.8 Å². The molecule has 0 radical (unpaired) electrons. The fraction of sp³-hybridized carbons (Fsp3) is 0.278. The van der Waals surface area contributed by atoms with Gasteiger partial charge in [-0.15, -0.1) is 0 Å². The quantitative estimate of drug-likeness (QED) is 0.313. The maximum atomic E-state index is 12.7. The Bertz CT molecular complexity index is 855. The first kappa shape index (κ1) is 21.2. The molecule has 0 aromatic heterocycles. The van der Waals surface area contributed by atoms with Crippen molar-refractivity contribution in [3.05, 3.63) is 69.3 Å². The molecule has 1 N–H and O–H groups in total. The van der Waals surface area contributed by atoms with Crippen molar-refractivity contribution in [1.82, 2.24) is 0 Å². The van der Waals surface area contributed by atoms with Crippen molar-refractivity contribution < 1.29 is 32.4 Å². The molecule has 0 saturated heterocycles. The van der Waals surface area contributed by atoms with Gasteiger partial charge in [0, 0.05) is 19.7 Å².